The van der Waals surface area contributed by atoms with Gasteiger partial charge in [-0.1, -0.05) is 34.1 Å². The summed E-state index contributed by atoms with van der Waals surface area (Å²) in [5.41, 5.74) is -0.0157. The van der Waals surface area contributed by atoms with Crippen LogP contribution in [0.5, 0.6) is 11.5 Å². The summed E-state index contributed by atoms with van der Waals surface area (Å²) < 4.78 is 45.2. The molecule has 0 aliphatic rings. The van der Waals surface area contributed by atoms with E-state index in [1.165, 1.54) is 18.2 Å². The van der Waals surface area contributed by atoms with Crippen molar-refractivity contribution in [2.45, 2.75) is 12.7 Å². The van der Waals surface area contributed by atoms with Gasteiger partial charge in [0.25, 0.3) is 0 Å². The molecular weight excluding hydrogens is 347 g/mol. The van der Waals surface area contributed by atoms with Crippen molar-refractivity contribution in [3.63, 3.8) is 0 Å². The third-order valence-corrected chi connectivity index (χ3v) is 3.30. The average molecular weight is 360 g/mol. The van der Waals surface area contributed by atoms with Crippen molar-refractivity contribution in [1.82, 2.24) is 5.32 Å². The van der Waals surface area contributed by atoms with Crippen molar-refractivity contribution in [3.05, 3.63) is 58.1 Å². The Balaban J connectivity index is 2.41. The van der Waals surface area contributed by atoms with E-state index in [9.17, 15) is 13.2 Å². The van der Waals surface area contributed by atoms with Gasteiger partial charge in [0.1, 0.15) is 11.5 Å². The zero-order chi connectivity index (χ0) is 15.5. The van der Waals surface area contributed by atoms with Crippen LogP contribution in [0.25, 0.3) is 0 Å². The van der Waals surface area contributed by atoms with E-state index in [1.54, 1.807) is 19.2 Å². The second kappa shape index (κ2) is 6.49. The molecule has 21 heavy (non-hydrogen) atoms. The van der Waals surface area contributed by atoms with Gasteiger partial charge in [-0.15, -0.1) is 0 Å². The highest BCUT2D eigenvalue weighted by Crippen LogP contribution is 2.39. The average Bonchev–Trinajstić information content (AvgIpc) is 2.41. The highest BCUT2D eigenvalue weighted by Gasteiger charge is 2.34. The molecule has 0 aliphatic heterocycles. The first-order valence-corrected chi connectivity index (χ1v) is 6.98. The molecule has 0 atom stereocenters. The Kier molecular flexibility index (Phi) is 4.90. The third-order valence-electron chi connectivity index (χ3n) is 2.81. The van der Waals surface area contributed by atoms with E-state index in [1.807, 2.05) is 6.07 Å². The number of para-hydroxylation sites is 1. The van der Waals surface area contributed by atoms with Gasteiger partial charge >= 0.3 is 6.18 Å². The lowest BCUT2D eigenvalue weighted by molar-refractivity contribution is -0.138. The van der Waals surface area contributed by atoms with Crippen LogP contribution in [-0.2, 0) is 12.7 Å². The number of rotatable bonds is 4. The molecule has 0 heterocycles. The quantitative estimate of drug-likeness (QED) is 0.831. The van der Waals surface area contributed by atoms with Crippen molar-refractivity contribution in [3.8, 4) is 11.5 Å². The van der Waals surface area contributed by atoms with Crippen LogP contribution in [0.1, 0.15) is 11.1 Å². The van der Waals surface area contributed by atoms with E-state index < -0.39 is 11.7 Å². The number of nitrogens with one attached hydrogen (secondary N) is 1. The van der Waals surface area contributed by atoms with Crippen LogP contribution in [0.15, 0.2) is 46.9 Å². The molecule has 0 aliphatic carbocycles. The molecule has 0 unspecified atom stereocenters. The van der Waals surface area contributed by atoms with Gasteiger partial charge in [-0.05, 0) is 31.3 Å². The van der Waals surface area contributed by atoms with E-state index in [-0.39, 0.29) is 5.75 Å². The monoisotopic (exact) mass is 359 g/mol. The van der Waals surface area contributed by atoms with E-state index in [4.69, 9.17) is 4.74 Å². The van der Waals surface area contributed by atoms with Crippen molar-refractivity contribution in [1.29, 1.82) is 0 Å². The third kappa shape index (κ3) is 3.98. The SMILES string of the molecule is CNCc1ccc(Br)cc1Oc1ccccc1C(F)(F)F. The number of benzene rings is 2. The van der Waals surface area contributed by atoms with E-state index in [2.05, 4.69) is 21.2 Å². The Morgan fingerprint density at radius 3 is 2.48 bits per heavy atom. The molecule has 6 heteroatoms. The van der Waals surface area contributed by atoms with Crippen molar-refractivity contribution < 1.29 is 17.9 Å². The minimum Gasteiger partial charge on any atom is -0.456 e. The lowest BCUT2D eigenvalue weighted by Crippen LogP contribution is -2.09. The first-order chi connectivity index (χ1) is 9.91. The number of ether oxygens (including phenoxy) is 1. The molecule has 2 aromatic carbocycles. The standard InChI is InChI=1S/C15H13BrF3NO/c1-20-9-10-6-7-11(16)8-14(10)21-13-5-3-2-4-12(13)15(17,18)19/h2-8,20H,9H2,1H3. The number of alkyl halides is 3. The summed E-state index contributed by atoms with van der Waals surface area (Å²) in [6.45, 7) is 0.497. The molecule has 2 nitrogen and oxygen atoms in total. The van der Waals surface area contributed by atoms with Crippen LogP contribution in [-0.4, -0.2) is 7.05 Å². The van der Waals surface area contributed by atoms with Gasteiger partial charge in [0.15, 0.2) is 0 Å². The molecule has 0 fully saturated rings. The summed E-state index contributed by atoms with van der Waals surface area (Å²) in [6.07, 6.45) is -4.45. The molecule has 0 spiro atoms. The molecule has 1 N–H and O–H groups in total. The molecule has 0 saturated carbocycles. The maximum Gasteiger partial charge on any atom is 0.419 e. The van der Waals surface area contributed by atoms with Crippen LogP contribution in [0.4, 0.5) is 13.2 Å². The van der Waals surface area contributed by atoms with E-state index >= 15 is 0 Å². The van der Waals surface area contributed by atoms with Gasteiger partial charge in [0.2, 0.25) is 0 Å². The minimum absolute atomic E-state index is 0.208. The summed E-state index contributed by atoms with van der Waals surface area (Å²) in [5.74, 6) is 0.177. The normalized spacial score (nSPS) is 11.5. The second-order valence-electron chi connectivity index (χ2n) is 4.38. The molecule has 112 valence electrons. The Labute approximate surface area is 129 Å². The van der Waals surface area contributed by atoms with Gasteiger partial charge < -0.3 is 10.1 Å². The highest BCUT2D eigenvalue weighted by atomic mass is 79.9. The van der Waals surface area contributed by atoms with Crippen LogP contribution in [0.2, 0.25) is 0 Å². The van der Waals surface area contributed by atoms with Crippen molar-refractivity contribution in [2.24, 2.45) is 0 Å². The van der Waals surface area contributed by atoms with Gasteiger partial charge in [-0.25, -0.2) is 0 Å². The zero-order valence-electron chi connectivity index (χ0n) is 11.2. The molecule has 0 aromatic heterocycles. The summed E-state index contributed by atoms with van der Waals surface area (Å²) in [5, 5.41) is 2.96. The van der Waals surface area contributed by atoms with Gasteiger partial charge in [0.05, 0.1) is 5.56 Å². The fraction of sp³-hybridized carbons (Fsp3) is 0.200. The first-order valence-electron chi connectivity index (χ1n) is 6.19. The second-order valence-corrected chi connectivity index (χ2v) is 5.29. The predicted molar refractivity (Wildman–Crippen MR) is 78.4 cm³/mol. The number of halogens is 4. The first kappa shape index (κ1) is 15.9. The Hall–Kier alpha value is -1.53. The Bertz CT molecular complexity index is 629. The molecule has 0 saturated heterocycles. The maximum absolute atomic E-state index is 13.0. The van der Waals surface area contributed by atoms with E-state index in [0.717, 1.165) is 16.1 Å². The largest absolute Gasteiger partial charge is 0.456 e. The topological polar surface area (TPSA) is 21.3 Å². The van der Waals surface area contributed by atoms with Crippen LogP contribution >= 0.6 is 15.9 Å². The fourth-order valence-electron chi connectivity index (χ4n) is 1.87. The molecular formula is C15H13BrF3NO. The zero-order valence-corrected chi connectivity index (χ0v) is 12.8. The Morgan fingerprint density at radius 1 is 1.10 bits per heavy atom. The summed E-state index contributed by atoms with van der Waals surface area (Å²) >= 11 is 3.30. The number of hydrogen-bond acceptors (Lipinski definition) is 2. The molecule has 0 radical (unpaired) electrons. The Morgan fingerprint density at radius 2 is 1.81 bits per heavy atom. The fourth-order valence-corrected chi connectivity index (χ4v) is 2.21. The minimum atomic E-state index is -4.45. The van der Waals surface area contributed by atoms with Crippen molar-refractivity contribution in [2.75, 3.05) is 7.05 Å². The molecule has 0 bridgehead atoms. The van der Waals surface area contributed by atoms with Crippen LogP contribution in [0.3, 0.4) is 0 Å². The molecule has 0 amide bonds. The van der Waals surface area contributed by atoms with Gasteiger partial charge in [-0.2, -0.15) is 13.2 Å². The maximum atomic E-state index is 13.0. The number of hydrogen-bond donors (Lipinski definition) is 1. The lowest BCUT2D eigenvalue weighted by Gasteiger charge is -2.16. The van der Waals surface area contributed by atoms with Crippen molar-refractivity contribution >= 4 is 15.9 Å². The highest BCUT2D eigenvalue weighted by molar-refractivity contribution is 9.10. The molecule has 2 rings (SSSR count). The van der Waals surface area contributed by atoms with Crippen LogP contribution in [0, 0.1) is 0 Å². The summed E-state index contributed by atoms with van der Waals surface area (Å²) in [7, 11) is 1.76. The summed E-state index contributed by atoms with van der Waals surface area (Å²) in [6, 6.07) is 10.4. The molecule has 2 aromatic rings. The smallest absolute Gasteiger partial charge is 0.419 e. The van der Waals surface area contributed by atoms with Gasteiger partial charge in [-0.3, -0.25) is 0 Å². The van der Waals surface area contributed by atoms with E-state index in [0.29, 0.717) is 12.3 Å². The van der Waals surface area contributed by atoms with Crippen LogP contribution < -0.4 is 10.1 Å². The predicted octanol–water partition coefficient (Wildman–Crippen LogP) is 4.98. The lowest BCUT2D eigenvalue weighted by atomic mass is 10.1. The van der Waals surface area contributed by atoms with Gasteiger partial charge in [0, 0.05) is 16.6 Å². The summed E-state index contributed by atoms with van der Waals surface area (Å²) in [4.78, 5) is 0.